The smallest absolute Gasteiger partial charge is 0.0857 e. The highest BCUT2D eigenvalue weighted by atomic mass is 79.9. The lowest BCUT2D eigenvalue weighted by atomic mass is 9.98. The Balaban J connectivity index is 2.10. The first-order valence-corrected chi connectivity index (χ1v) is 8.33. The Bertz CT molecular complexity index is 963. The zero-order chi connectivity index (χ0) is 15.6. The summed E-state index contributed by atoms with van der Waals surface area (Å²) >= 11 is 3.81. The van der Waals surface area contributed by atoms with Crippen molar-refractivity contribution in [2.75, 3.05) is 0 Å². The van der Waals surface area contributed by atoms with E-state index in [0.717, 1.165) is 26.6 Å². The molecule has 1 aromatic heterocycles. The number of hydrogen-bond acceptors (Lipinski definition) is 1. The summed E-state index contributed by atoms with van der Waals surface area (Å²) in [4.78, 5) is 4.88. The minimum atomic E-state index is 0.975. The zero-order valence-electron chi connectivity index (χ0n) is 12.4. The molecule has 23 heavy (non-hydrogen) atoms. The van der Waals surface area contributed by atoms with Gasteiger partial charge in [-0.05, 0) is 27.6 Å². The number of pyridine rings is 1. The summed E-state index contributed by atoms with van der Waals surface area (Å²) in [7, 11) is 0. The summed E-state index contributed by atoms with van der Waals surface area (Å²) in [6.45, 7) is 0. The SMILES string of the molecule is Brc1c(-c2ccccc2)nc2ccccc2c1-c1ccccc1. The number of fused-ring (bicyclic) bond motifs is 1. The Morgan fingerprint density at radius 3 is 1.87 bits per heavy atom. The second kappa shape index (κ2) is 5.98. The summed E-state index contributed by atoms with van der Waals surface area (Å²) in [5.74, 6) is 0. The zero-order valence-corrected chi connectivity index (χ0v) is 14.0. The summed E-state index contributed by atoms with van der Waals surface area (Å²) in [5.41, 5.74) is 5.48. The van der Waals surface area contributed by atoms with Crippen LogP contribution in [0.1, 0.15) is 0 Å². The van der Waals surface area contributed by atoms with Crippen LogP contribution in [-0.4, -0.2) is 4.98 Å². The fourth-order valence-corrected chi connectivity index (χ4v) is 3.62. The van der Waals surface area contributed by atoms with Crippen LogP contribution in [0.15, 0.2) is 89.4 Å². The van der Waals surface area contributed by atoms with Crippen molar-refractivity contribution in [3.05, 3.63) is 89.4 Å². The monoisotopic (exact) mass is 359 g/mol. The predicted molar refractivity (Wildman–Crippen MR) is 100 cm³/mol. The summed E-state index contributed by atoms with van der Waals surface area (Å²) < 4.78 is 1.04. The van der Waals surface area contributed by atoms with Gasteiger partial charge in [0.25, 0.3) is 0 Å². The van der Waals surface area contributed by atoms with Gasteiger partial charge in [-0.1, -0.05) is 78.9 Å². The topological polar surface area (TPSA) is 12.9 Å². The molecule has 0 aliphatic rings. The van der Waals surface area contributed by atoms with Crippen LogP contribution in [0, 0.1) is 0 Å². The molecule has 0 saturated carbocycles. The minimum absolute atomic E-state index is 0.975. The number of aromatic nitrogens is 1. The molecule has 0 spiro atoms. The second-order valence-corrected chi connectivity index (χ2v) is 6.19. The maximum absolute atomic E-state index is 4.88. The molecule has 4 rings (SSSR count). The van der Waals surface area contributed by atoms with Crippen molar-refractivity contribution in [3.8, 4) is 22.4 Å². The van der Waals surface area contributed by atoms with Crippen molar-refractivity contribution in [1.29, 1.82) is 0 Å². The van der Waals surface area contributed by atoms with Crippen LogP contribution < -0.4 is 0 Å². The normalized spacial score (nSPS) is 10.8. The molecule has 0 atom stereocenters. The van der Waals surface area contributed by atoms with Gasteiger partial charge in [0.1, 0.15) is 0 Å². The van der Waals surface area contributed by atoms with Crippen molar-refractivity contribution in [1.82, 2.24) is 4.98 Å². The molecule has 0 N–H and O–H groups in total. The maximum Gasteiger partial charge on any atom is 0.0857 e. The van der Waals surface area contributed by atoms with E-state index in [1.54, 1.807) is 0 Å². The van der Waals surface area contributed by atoms with Gasteiger partial charge >= 0.3 is 0 Å². The van der Waals surface area contributed by atoms with Gasteiger partial charge in [-0.25, -0.2) is 4.98 Å². The largest absolute Gasteiger partial charge is 0.247 e. The van der Waals surface area contributed by atoms with Crippen LogP contribution in [0.4, 0.5) is 0 Å². The lowest BCUT2D eigenvalue weighted by Gasteiger charge is -2.14. The molecule has 4 aromatic rings. The third-order valence-corrected chi connectivity index (χ3v) is 4.71. The van der Waals surface area contributed by atoms with E-state index in [2.05, 4.69) is 70.5 Å². The van der Waals surface area contributed by atoms with Crippen LogP contribution in [0.2, 0.25) is 0 Å². The average Bonchev–Trinajstić information content (AvgIpc) is 2.63. The van der Waals surface area contributed by atoms with Crippen molar-refractivity contribution in [2.45, 2.75) is 0 Å². The minimum Gasteiger partial charge on any atom is -0.247 e. The highest BCUT2D eigenvalue weighted by Crippen LogP contribution is 2.40. The number of hydrogen-bond donors (Lipinski definition) is 0. The molecule has 0 amide bonds. The Kier molecular flexibility index (Phi) is 3.68. The number of nitrogens with zero attached hydrogens (tertiary/aromatic N) is 1. The highest BCUT2D eigenvalue weighted by molar-refractivity contribution is 9.10. The van der Waals surface area contributed by atoms with Crippen LogP contribution in [0.5, 0.6) is 0 Å². The van der Waals surface area contributed by atoms with Gasteiger partial charge in [-0.15, -0.1) is 0 Å². The van der Waals surface area contributed by atoms with Gasteiger partial charge < -0.3 is 0 Å². The second-order valence-electron chi connectivity index (χ2n) is 5.40. The average molecular weight is 360 g/mol. The quantitative estimate of drug-likeness (QED) is 0.407. The standard InChI is InChI=1S/C21H14BrN/c22-20-19(15-9-3-1-4-10-15)17-13-7-8-14-18(17)23-21(20)16-11-5-2-6-12-16/h1-14H. The summed E-state index contributed by atoms with van der Waals surface area (Å²) in [6, 6.07) is 29.0. The van der Waals surface area contributed by atoms with E-state index >= 15 is 0 Å². The Labute approximate surface area is 143 Å². The number of halogens is 1. The van der Waals surface area contributed by atoms with Crippen LogP contribution >= 0.6 is 15.9 Å². The first-order chi connectivity index (χ1) is 11.3. The Hall–Kier alpha value is -2.45. The molecule has 2 heteroatoms. The number of para-hydroxylation sites is 1. The molecular formula is C21H14BrN. The van der Waals surface area contributed by atoms with Gasteiger partial charge in [-0.3, -0.25) is 0 Å². The van der Waals surface area contributed by atoms with Crippen molar-refractivity contribution >= 4 is 26.8 Å². The molecule has 1 heterocycles. The van der Waals surface area contributed by atoms with E-state index in [1.807, 2.05) is 30.3 Å². The first kappa shape index (κ1) is 14.2. The van der Waals surface area contributed by atoms with E-state index in [1.165, 1.54) is 11.1 Å². The number of benzene rings is 3. The Morgan fingerprint density at radius 2 is 1.17 bits per heavy atom. The molecule has 0 unspecified atom stereocenters. The van der Waals surface area contributed by atoms with Crippen molar-refractivity contribution in [3.63, 3.8) is 0 Å². The van der Waals surface area contributed by atoms with Gasteiger partial charge in [0.15, 0.2) is 0 Å². The third-order valence-electron chi connectivity index (χ3n) is 3.94. The van der Waals surface area contributed by atoms with Gasteiger partial charge in [0.2, 0.25) is 0 Å². The van der Waals surface area contributed by atoms with Gasteiger partial charge in [-0.2, -0.15) is 0 Å². The molecule has 0 saturated heterocycles. The number of rotatable bonds is 2. The van der Waals surface area contributed by atoms with E-state index in [-0.39, 0.29) is 0 Å². The van der Waals surface area contributed by atoms with Gasteiger partial charge in [0, 0.05) is 16.5 Å². The summed E-state index contributed by atoms with van der Waals surface area (Å²) in [5, 5.41) is 1.16. The molecule has 1 nitrogen and oxygen atoms in total. The molecular weight excluding hydrogens is 346 g/mol. The molecule has 0 fully saturated rings. The fourth-order valence-electron chi connectivity index (χ4n) is 2.86. The van der Waals surface area contributed by atoms with Crippen LogP contribution in [0.3, 0.4) is 0 Å². The van der Waals surface area contributed by atoms with Crippen LogP contribution in [-0.2, 0) is 0 Å². The van der Waals surface area contributed by atoms with E-state index in [9.17, 15) is 0 Å². The molecule has 0 bridgehead atoms. The van der Waals surface area contributed by atoms with Gasteiger partial charge in [0.05, 0.1) is 15.7 Å². The van der Waals surface area contributed by atoms with Crippen molar-refractivity contribution in [2.24, 2.45) is 0 Å². The maximum atomic E-state index is 4.88. The predicted octanol–water partition coefficient (Wildman–Crippen LogP) is 6.33. The highest BCUT2D eigenvalue weighted by Gasteiger charge is 2.15. The van der Waals surface area contributed by atoms with E-state index in [0.29, 0.717) is 0 Å². The Morgan fingerprint density at radius 1 is 0.609 bits per heavy atom. The molecule has 0 aliphatic carbocycles. The molecule has 0 aliphatic heterocycles. The first-order valence-electron chi connectivity index (χ1n) is 7.53. The van der Waals surface area contributed by atoms with E-state index < -0.39 is 0 Å². The molecule has 110 valence electrons. The lowest BCUT2D eigenvalue weighted by Crippen LogP contribution is -1.92. The molecule has 3 aromatic carbocycles. The van der Waals surface area contributed by atoms with Crippen molar-refractivity contribution < 1.29 is 0 Å². The third kappa shape index (κ3) is 2.55. The van der Waals surface area contributed by atoms with Crippen LogP contribution in [0.25, 0.3) is 33.3 Å². The summed E-state index contributed by atoms with van der Waals surface area (Å²) in [6.07, 6.45) is 0. The molecule has 0 radical (unpaired) electrons. The van der Waals surface area contributed by atoms with E-state index in [4.69, 9.17) is 4.98 Å². The lowest BCUT2D eigenvalue weighted by molar-refractivity contribution is 1.38. The fraction of sp³-hybridized carbons (Fsp3) is 0.